The topological polar surface area (TPSA) is 50.2 Å². The number of para-hydroxylation sites is 1. The first kappa shape index (κ1) is 9.02. The summed E-state index contributed by atoms with van der Waals surface area (Å²) < 4.78 is 27.8. The second-order valence-electron chi connectivity index (χ2n) is 3.34. The third-order valence-electron chi connectivity index (χ3n) is 2.39. The average Bonchev–Trinajstić information content (AvgIpc) is 2.61. The molecule has 0 aliphatic heterocycles. The first-order valence-electron chi connectivity index (χ1n) is 4.52. The van der Waals surface area contributed by atoms with Crippen LogP contribution in [-0.4, -0.2) is 14.6 Å². The number of fused-ring (bicyclic) bond motifs is 3. The van der Waals surface area contributed by atoms with E-state index in [0.29, 0.717) is 0 Å². The molecule has 0 spiro atoms. The van der Waals surface area contributed by atoms with Crippen molar-refractivity contribution >= 4 is 16.6 Å². The normalized spacial score (nSPS) is 11.4. The number of halogens is 2. The van der Waals surface area contributed by atoms with Gasteiger partial charge in [0.1, 0.15) is 5.52 Å². The van der Waals surface area contributed by atoms with Gasteiger partial charge >= 0.3 is 0 Å². The summed E-state index contributed by atoms with van der Waals surface area (Å²) in [6.07, 6.45) is 0.885. The highest BCUT2D eigenvalue weighted by Crippen LogP contribution is 2.16. The Balaban J connectivity index is 2.73. The molecule has 0 saturated heterocycles. The first-order valence-corrected chi connectivity index (χ1v) is 4.52. The SMILES string of the molecule is O=c1[nH]c2cccc(F)c2n2ncc(F)c12. The van der Waals surface area contributed by atoms with E-state index in [-0.39, 0.29) is 16.6 Å². The Morgan fingerprint density at radius 3 is 2.81 bits per heavy atom. The molecule has 2 aromatic heterocycles. The van der Waals surface area contributed by atoms with Gasteiger partial charge in [0.2, 0.25) is 0 Å². The fourth-order valence-corrected chi connectivity index (χ4v) is 1.72. The molecule has 1 aromatic carbocycles. The number of benzene rings is 1. The molecule has 3 aromatic rings. The van der Waals surface area contributed by atoms with Crippen molar-refractivity contribution in [1.82, 2.24) is 14.6 Å². The fraction of sp³-hybridized carbons (Fsp3) is 0. The minimum Gasteiger partial charge on any atom is -0.319 e. The predicted octanol–water partition coefficient (Wildman–Crippen LogP) is 1.45. The second kappa shape index (κ2) is 2.88. The molecule has 0 aliphatic carbocycles. The van der Waals surface area contributed by atoms with E-state index in [1.54, 1.807) is 0 Å². The van der Waals surface area contributed by atoms with Crippen molar-refractivity contribution in [3.05, 3.63) is 46.4 Å². The number of hydrogen-bond donors (Lipinski definition) is 1. The Labute approximate surface area is 87.1 Å². The summed E-state index contributed by atoms with van der Waals surface area (Å²) in [7, 11) is 0. The van der Waals surface area contributed by atoms with Gasteiger partial charge in [-0.15, -0.1) is 0 Å². The maximum Gasteiger partial charge on any atom is 0.277 e. The van der Waals surface area contributed by atoms with E-state index >= 15 is 0 Å². The monoisotopic (exact) mass is 221 g/mol. The highest BCUT2D eigenvalue weighted by atomic mass is 19.1. The molecule has 6 heteroatoms. The molecule has 80 valence electrons. The summed E-state index contributed by atoms with van der Waals surface area (Å²) in [6.45, 7) is 0. The summed E-state index contributed by atoms with van der Waals surface area (Å²) in [5, 5.41) is 3.65. The van der Waals surface area contributed by atoms with Gasteiger partial charge in [-0.1, -0.05) is 6.07 Å². The lowest BCUT2D eigenvalue weighted by Crippen LogP contribution is -2.12. The second-order valence-corrected chi connectivity index (χ2v) is 3.34. The molecule has 4 nitrogen and oxygen atoms in total. The molecular formula is C10H5F2N3O. The minimum absolute atomic E-state index is 0.0565. The van der Waals surface area contributed by atoms with Crippen molar-refractivity contribution in [3.8, 4) is 0 Å². The Morgan fingerprint density at radius 2 is 2.00 bits per heavy atom. The fourth-order valence-electron chi connectivity index (χ4n) is 1.72. The van der Waals surface area contributed by atoms with E-state index in [9.17, 15) is 13.6 Å². The highest BCUT2D eigenvalue weighted by molar-refractivity contribution is 5.78. The molecule has 0 radical (unpaired) electrons. The van der Waals surface area contributed by atoms with Gasteiger partial charge in [-0.05, 0) is 12.1 Å². The third-order valence-corrected chi connectivity index (χ3v) is 2.39. The first-order chi connectivity index (χ1) is 7.68. The Bertz CT molecular complexity index is 760. The van der Waals surface area contributed by atoms with Crippen molar-refractivity contribution in [3.63, 3.8) is 0 Å². The predicted molar refractivity (Wildman–Crippen MR) is 53.2 cm³/mol. The van der Waals surface area contributed by atoms with E-state index < -0.39 is 17.2 Å². The van der Waals surface area contributed by atoms with E-state index in [1.165, 1.54) is 18.2 Å². The van der Waals surface area contributed by atoms with Gasteiger partial charge < -0.3 is 4.98 Å². The molecule has 0 saturated carbocycles. The zero-order valence-corrected chi connectivity index (χ0v) is 7.87. The minimum atomic E-state index is -0.772. The van der Waals surface area contributed by atoms with Crippen LogP contribution in [-0.2, 0) is 0 Å². The molecule has 0 fully saturated rings. The Hall–Kier alpha value is -2.24. The van der Waals surface area contributed by atoms with Crippen LogP contribution in [0.3, 0.4) is 0 Å². The lowest BCUT2D eigenvalue weighted by Gasteiger charge is -2.01. The molecule has 16 heavy (non-hydrogen) atoms. The van der Waals surface area contributed by atoms with Gasteiger partial charge in [0.05, 0.1) is 11.7 Å². The smallest absolute Gasteiger partial charge is 0.277 e. The van der Waals surface area contributed by atoms with Gasteiger partial charge in [-0.3, -0.25) is 4.79 Å². The average molecular weight is 221 g/mol. The third kappa shape index (κ3) is 1.01. The maximum absolute atomic E-state index is 13.6. The van der Waals surface area contributed by atoms with Crippen LogP contribution in [0.5, 0.6) is 0 Å². The van der Waals surface area contributed by atoms with E-state index in [4.69, 9.17) is 0 Å². The van der Waals surface area contributed by atoms with Crippen LogP contribution < -0.4 is 5.56 Å². The lowest BCUT2D eigenvalue weighted by atomic mass is 10.3. The van der Waals surface area contributed by atoms with Crippen LogP contribution in [0.1, 0.15) is 0 Å². The van der Waals surface area contributed by atoms with Crippen LogP contribution in [0.15, 0.2) is 29.2 Å². The molecular weight excluding hydrogens is 216 g/mol. The van der Waals surface area contributed by atoms with Crippen molar-refractivity contribution in [2.24, 2.45) is 0 Å². The van der Waals surface area contributed by atoms with Crippen LogP contribution >= 0.6 is 0 Å². The maximum atomic E-state index is 13.6. The highest BCUT2D eigenvalue weighted by Gasteiger charge is 2.13. The van der Waals surface area contributed by atoms with Crippen LogP contribution in [0.25, 0.3) is 16.6 Å². The van der Waals surface area contributed by atoms with Crippen molar-refractivity contribution in [1.29, 1.82) is 0 Å². The molecule has 2 heterocycles. The summed E-state index contributed by atoms with van der Waals surface area (Å²) in [4.78, 5) is 13.9. The van der Waals surface area contributed by atoms with Gasteiger partial charge in [0.25, 0.3) is 5.56 Å². The number of aromatic nitrogens is 3. The number of nitrogens with zero attached hydrogens (tertiary/aromatic N) is 2. The van der Waals surface area contributed by atoms with E-state index in [0.717, 1.165) is 10.7 Å². The molecule has 0 aliphatic rings. The standard InChI is InChI=1S/C10H5F2N3O/c11-5-2-1-3-7-8(5)15-9(10(16)14-7)6(12)4-13-15/h1-4H,(H,14,16). The van der Waals surface area contributed by atoms with Crippen LogP contribution in [0.4, 0.5) is 8.78 Å². The number of hydrogen-bond acceptors (Lipinski definition) is 2. The molecule has 0 amide bonds. The summed E-state index contributed by atoms with van der Waals surface area (Å²) >= 11 is 0. The molecule has 0 bridgehead atoms. The largest absolute Gasteiger partial charge is 0.319 e. The molecule has 1 N–H and O–H groups in total. The summed E-state index contributed by atoms with van der Waals surface area (Å²) in [5.74, 6) is -1.34. The number of aromatic amines is 1. The Morgan fingerprint density at radius 1 is 1.19 bits per heavy atom. The summed E-state index contributed by atoms with van der Waals surface area (Å²) in [6, 6.07) is 4.21. The van der Waals surface area contributed by atoms with Crippen molar-refractivity contribution in [2.75, 3.05) is 0 Å². The molecule has 0 unspecified atom stereocenters. The lowest BCUT2D eigenvalue weighted by molar-refractivity contribution is 0.631. The number of rotatable bonds is 0. The molecule has 3 rings (SSSR count). The van der Waals surface area contributed by atoms with Gasteiger partial charge in [-0.25, -0.2) is 13.3 Å². The van der Waals surface area contributed by atoms with Crippen LogP contribution in [0, 0.1) is 11.6 Å². The van der Waals surface area contributed by atoms with E-state index in [2.05, 4.69) is 10.1 Å². The van der Waals surface area contributed by atoms with Crippen LogP contribution in [0.2, 0.25) is 0 Å². The van der Waals surface area contributed by atoms with Crippen molar-refractivity contribution < 1.29 is 8.78 Å². The summed E-state index contributed by atoms with van der Waals surface area (Å²) in [5.41, 5.74) is -0.577. The zero-order chi connectivity index (χ0) is 11.3. The number of nitrogens with one attached hydrogen (secondary N) is 1. The molecule has 0 atom stereocenters. The van der Waals surface area contributed by atoms with Gasteiger partial charge in [-0.2, -0.15) is 5.10 Å². The Kier molecular flexibility index (Phi) is 1.62. The van der Waals surface area contributed by atoms with Gasteiger partial charge in [0, 0.05) is 0 Å². The zero-order valence-electron chi connectivity index (χ0n) is 7.87. The quantitative estimate of drug-likeness (QED) is 0.624. The van der Waals surface area contributed by atoms with Crippen molar-refractivity contribution in [2.45, 2.75) is 0 Å². The number of H-pyrrole nitrogens is 1. The van der Waals surface area contributed by atoms with Gasteiger partial charge in [0.15, 0.2) is 17.2 Å². The van der Waals surface area contributed by atoms with E-state index in [1.807, 2.05) is 0 Å².